The molecule has 0 nitrogen and oxygen atoms in total. The minimum Gasteiger partial charge on any atom is -0.358 e. The predicted octanol–water partition coefficient (Wildman–Crippen LogP) is 1.30. The third-order valence-corrected chi connectivity index (χ3v) is 0. The molecule has 0 unspecified atom stereocenters. The minimum atomic E-state index is 0. The Hall–Kier alpha value is 23.2. The van der Waals surface area contributed by atoms with Crippen molar-refractivity contribution >= 4 is 0 Å². The van der Waals surface area contributed by atoms with Crippen LogP contribution in [0.3, 0.4) is 0 Å². The Morgan fingerprint density at radius 2 is 0.125 bits per heavy atom. The number of hydrogen-bond donors (Lipinski definition) is 0. The second kappa shape index (κ2) is 175. The quantitative estimate of drug-likeness (QED) is 0.322. The molecule has 84 valence electrons. The van der Waals surface area contributed by atoms with Crippen LogP contribution in [0.15, 0.2) is 0 Å². The molecule has 0 N–H and O–H groups in total. The zero-order chi connectivity index (χ0) is 0. The zero-order valence-corrected chi connectivity index (χ0v) is 74.7. The average Bonchev–Trinajstić information content (AvgIpc) is 0. The van der Waals surface area contributed by atoms with Crippen molar-refractivity contribution in [1.82, 2.24) is 0 Å². The van der Waals surface area contributed by atoms with Gasteiger partial charge in [0.05, 0.1) is 0 Å². The molecule has 0 aromatic carbocycles. The minimum absolute atomic E-state index is 0. The van der Waals surface area contributed by atoms with Crippen molar-refractivity contribution in [1.29, 1.82) is 0 Å². The fourth-order valence-corrected chi connectivity index (χ4v) is 0. The van der Waals surface area contributed by atoms with Crippen LogP contribution in [0, 0.1) is 22.3 Å². The summed E-state index contributed by atoms with van der Waals surface area (Å²) in [5.74, 6) is 0. The summed E-state index contributed by atoms with van der Waals surface area (Å²) >= 11 is 0. The Morgan fingerprint density at radius 3 is 0.125 bits per heavy atom. The molecular weight excluding hydrogens is 1900 g/mol. The van der Waals surface area contributed by atoms with Crippen LogP contribution in [0.25, 0.3) is 0 Å². The summed E-state index contributed by atoms with van der Waals surface area (Å²) in [6, 6.07) is 0. The van der Waals surface area contributed by atoms with Crippen LogP contribution in [0.5, 0.6) is 0 Å². The zero-order valence-electron chi connectivity index (χ0n) is 15.1. The van der Waals surface area contributed by atoms with E-state index in [9.17, 15) is 0 Å². The molecular formula is C3H9Y21. The maximum Gasteiger partial charge on any atom is 3.00 e. The smallest absolute Gasteiger partial charge is 0.358 e. The van der Waals surface area contributed by atoms with Crippen molar-refractivity contribution in [2.45, 2.75) is 0 Å². The Bertz CT molecular complexity index is 13.0. The molecule has 24 heavy (non-hydrogen) atoms. The molecule has 0 aromatic heterocycles. The molecule has 0 aliphatic rings. The van der Waals surface area contributed by atoms with E-state index in [1.807, 2.05) is 0 Å². The van der Waals surface area contributed by atoms with Crippen LogP contribution in [0.1, 0.15) is 0 Å². The van der Waals surface area contributed by atoms with Gasteiger partial charge < -0.3 is 22.3 Å². The Morgan fingerprint density at radius 1 is 0.125 bits per heavy atom. The molecule has 0 aliphatic heterocycles. The average molecular weight is 1910 g/mol. The molecule has 0 bridgehead atoms. The second-order valence-corrected chi connectivity index (χ2v) is 0. The summed E-state index contributed by atoms with van der Waals surface area (Å²) in [4.78, 5) is 0. The van der Waals surface area contributed by atoms with Gasteiger partial charge in [0.25, 0.3) is 0 Å². The van der Waals surface area contributed by atoms with Gasteiger partial charge >= 0.3 is 32.7 Å². The molecule has 0 aliphatic carbocycles. The van der Waals surface area contributed by atoms with Gasteiger partial charge in [-0.2, -0.15) is 0 Å². The second-order valence-electron chi connectivity index (χ2n) is 0. The van der Waals surface area contributed by atoms with Crippen molar-refractivity contribution in [3.63, 3.8) is 0 Å². The first-order chi connectivity index (χ1) is 0. The van der Waals surface area contributed by atoms with Crippen molar-refractivity contribution in [3.8, 4) is 0 Å². The van der Waals surface area contributed by atoms with Gasteiger partial charge in [0, 0.05) is 654 Å². The largest absolute Gasteiger partial charge is 3.00 e. The van der Waals surface area contributed by atoms with Crippen LogP contribution in [0.2, 0.25) is 0 Å². The van der Waals surface area contributed by atoms with E-state index in [0.717, 1.165) is 0 Å². The fourth-order valence-electron chi connectivity index (χ4n) is 0. The van der Waals surface area contributed by atoms with Gasteiger partial charge in [-0.25, -0.2) is 0 Å². The van der Waals surface area contributed by atoms with E-state index >= 15 is 0 Å². The molecule has 21 heteroatoms. The first-order valence-corrected chi connectivity index (χ1v) is 0. The third kappa shape index (κ3) is 164. The molecule has 0 saturated heterocycles. The Labute approximate surface area is 683 Å². The van der Waals surface area contributed by atoms with Crippen molar-refractivity contribution in [2.24, 2.45) is 0 Å². The molecule has 0 atom stereocenters. The van der Waals surface area contributed by atoms with E-state index in [1.54, 1.807) is 0 Å². The van der Waals surface area contributed by atoms with Gasteiger partial charge in [-0.05, 0) is 0 Å². The molecule has 0 amide bonds. The summed E-state index contributed by atoms with van der Waals surface area (Å²) in [5, 5.41) is 0. The molecule has 0 spiro atoms. The SMILES string of the molecule is [CH3-].[CH3-].[CH3-].[Y+3].[Y].[Y].[Y].[Y].[Y].[Y].[Y].[Y].[Y].[Y].[Y].[Y].[Y].[Y].[Y].[Y].[Y].[Y].[Y].[Y]. The van der Waals surface area contributed by atoms with Gasteiger partial charge in [-0.15, -0.1) is 0 Å². The summed E-state index contributed by atoms with van der Waals surface area (Å²) < 4.78 is 0. The summed E-state index contributed by atoms with van der Waals surface area (Å²) in [5.41, 5.74) is 0. The molecule has 0 fully saturated rings. The Balaban J connectivity index is 0. The standard InChI is InChI=1S/3CH3.21Y/h3*1H3;;;;;;;;;;;;;;;;;;;;;/q3*-1;;;;;;;;;;;;;;;;;;;;;+3. The van der Waals surface area contributed by atoms with Gasteiger partial charge in [0.15, 0.2) is 0 Å². The van der Waals surface area contributed by atoms with E-state index in [1.165, 1.54) is 0 Å². The Kier molecular flexibility index (Phi) is 1370. The molecule has 20 radical (unpaired) electrons. The monoisotopic (exact) mass is 1910 g/mol. The topological polar surface area (TPSA) is 0 Å². The van der Waals surface area contributed by atoms with Gasteiger partial charge in [0.1, 0.15) is 0 Å². The van der Waals surface area contributed by atoms with E-state index in [2.05, 4.69) is 0 Å². The third-order valence-electron chi connectivity index (χ3n) is 0. The van der Waals surface area contributed by atoms with Crippen LogP contribution >= 0.6 is 0 Å². The molecule has 0 aromatic rings. The van der Waals surface area contributed by atoms with Crippen LogP contribution in [-0.4, -0.2) is 0 Å². The van der Waals surface area contributed by atoms with Crippen LogP contribution < -0.4 is 0 Å². The normalized spacial score (nSPS) is 0. The van der Waals surface area contributed by atoms with Gasteiger partial charge in [-0.1, -0.05) is 0 Å². The summed E-state index contributed by atoms with van der Waals surface area (Å²) in [6.45, 7) is 0. The van der Waals surface area contributed by atoms with Gasteiger partial charge in [-0.3, -0.25) is 0 Å². The van der Waals surface area contributed by atoms with Crippen LogP contribution in [0.4, 0.5) is 0 Å². The summed E-state index contributed by atoms with van der Waals surface area (Å²) in [7, 11) is 0. The van der Waals surface area contributed by atoms with E-state index in [-0.39, 0.29) is 709 Å². The predicted molar refractivity (Wildman–Crippen MR) is 19.2 cm³/mol. The van der Waals surface area contributed by atoms with E-state index in [0.29, 0.717) is 0 Å². The molecule has 0 saturated carbocycles. The first-order valence-electron chi connectivity index (χ1n) is 0. The fraction of sp³-hybridized carbons (Fsp3) is 0. The number of hydrogen-bond acceptors (Lipinski definition) is 0. The molecule has 0 rings (SSSR count). The van der Waals surface area contributed by atoms with Crippen molar-refractivity contribution in [2.75, 3.05) is 0 Å². The van der Waals surface area contributed by atoms with E-state index in [4.69, 9.17) is 0 Å². The summed E-state index contributed by atoms with van der Waals surface area (Å²) in [6.07, 6.45) is 0. The maximum absolute atomic E-state index is 0. The van der Waals surface area contributed by atoms with Crippen molar-refractivity contribution in [3.05, 3.63) is 22.3 Å². The van der Waals surface area contributed by atoms with E-state index < -0.39 is 0 Å². The van der Waals surface area contributed by atoms with Gasteiger partial charge in [0.2, 0.25) is 0 Å². The molecule has 0 heterocycles. The first kappa shape index (κ1) is 187. The van der Waals surface area contributed by atoms with Crippen LogP contribution in [-0.2, 0) is 687 Å². The number of rotatable bonds is 0. The van der Waals surface area contributed by atoms with Crippen molar-refractivity contribution < 1.29 is 687 Å². The maximum atomic E-state index is 0.